The summed E-state index contributed by atoms with van der Waals surface area (Å²) >= 11 is 6.54. The lowest BCUT2D eigenvalue weighted by Crippen LogP contribution is -2.57. The number of benzene rings is 2. The summed E-state index contributed by atoms with van der Waals surface area (Å²) in [5.41, 5.74) is 1.90. The largest absolute Gasteiger partial charge is 0.481 e. The van der Waals surface area contributed by atoms with E-state index in [-0.39, 0.29) is 58.1 Å². The van der Waals surface area contributed by atoms with Crippen molar-refractivity contribution in [1.82, 2.24) is 14.4 Å². The number of halogens is 2. The Morgan fingerprint density at radius 3 is 2.52 bits per heavy atom. The van der Waals surface area contributed by atoms with Crippen LogP contribution in [0.4, 0.5) is 10.1 Å². The van der Waals surface area contributed by atoms with Crippen molar-refractivity contribution in [3.8, 4) is 0 Å². The molecule has 3 aromatic rings. The van der Waals surface area contributed by atoms with E-state index in [9.17, 15) is 19.5 Å². The van der Waals surface area contributed by atoms with Gasteiger partial charge in [-0.3, -0.25) is 19.3 Å². The predicted octanol–water partition coefficient (Wildman–Crippen LogP) is 5.74. The van der Waals surface area contributed by atoms with Gasteiger partial charge in [-0.2, -0.15) is 0 Å². The number of nitrogens with zero attached hydrogens (tertiary/aromatic N) is 3. The minimum Gasteiger partial charge on any atom is -0.481 e. The van der Waals surface area contributed by atoms with Gasteiger partial charge in [-0.1, -0.05) is 43.6 Å². The number of para-hydroxylation sites is 1. The number of anilines is 1. The number of carboxylic acids is 1. The molecule has 2 aromatic carbocycles. The molecule has 3 fully saturated rings. The van der Waals surface area contributed by atoms with Gasteiger partial charge in [0.2, 0.25) is 5.91 Å². The lowest BCUT2D eigenvalue weighted by atomic mass is 9.83. The van der Waals surface area contributed by atoms with E-state index in [1.165, 1.54) is 12.1 Å². The molecular weight excluding hydrogens is 611 g/mol. The molecule has 1 saturated carbocycles. The molecule has 0 unspecified atom stereocenters. The molecule has 0 radical (unpaired) electrons. The number of nitrogens with one attached hydrogen (secondary N) is 1. The summed E-state index contributed by atoms with van der Waals surface area (Å²) in [5, 5.41) is 13.0. The molecule has 2 aliphatic heterocycles. The number of aromatic nitrogens is 1. The van der Waals surface area contributed by atoms with Gasteiger partial charge in [0.15, 0.2) is 0 Å². The highest BCUT2D eigenvalue weighted by molar-refractivity contribution is 6.34. The summed E-state index contributed by atoms with van der Waals surface area (Å²) in [4.78, 5) is 42.5. The third-order valence-electron chi connectivity index (χ3n) is 9.91. The van der Waals surface area contributed by atoms with Crippen molar-refractivity contribution in [2.24, 2.45) is 18.4 Å². The van der Waals surface area contributed by atoms with Crippen LogP contribution >= 0.6 is 11.6 Å². The van der Waals surface area contributed by atoms with Crippen molar-refractivity contribution < 1.29 is 28.6 Å². The summed E-state index contributed by atoms with van der Waals surface area (Å²) in [6, 6.07) is 10.2. The fraction of sp³-hybridized carbons (Fsp3) is 0.514. The number of carbonyl (C=O) groups is 3. The lowest BCUT2D eigenvalue weighted by molar-refractivity contribution is -0.144. The van der Waals surface area contributed by atoms with E-state index in [0.29, 0.717) is 44.4 Å². The van der Waals surface area contributed by atoms with Crippen molar-refractivity contribution in [2.45, 2.75) is 70.6 Å². The van der Waals surface area contributed by atoms with Gasteiger partial charge in [0.25, 0.3) is 5.91 Å². The normalized spacial score (nSPS) is 24.6. The number of hydrogen-bond acceptors (Lipinski definition) is 5. The van der Waals surface area contributed by atoms with Gasteiger partial charge in [0, 0.05) is 49.8 Å². The molecule has 9 nitrogen and oxygen atoms in total. The standard InChI is InChI=1S/C35H42ClFN4O5/c1-35(2)19-40(20-35)23-14-24(18-46-25-10-8-21(9-11-25)34(44)45)41(16-23)32(42)13-22-12-28(36)30(15-29(22)37)38-33(43)27-17-39(3)31-7-5-4-6-26(27)31/h4-7,12,15,17,21,23-25H,8-11,13-14,16,18-20H2,1-3H3,(H,38,43)(H,44,45)/t21-,23-,24-,25-/m0/s1. The number of rotatable bonds is 9. The van der Waals surface area contributed by atoms with Gasteiger partial charge < -0.3 is 24.6 Å². The highest BCUT2D eigenvalue weighted by Crippen LogP contribution is 2.36. The van der Waals surface area contributed by atoms with Crippen LogP contribution in [0.15, 0.2) is 42.6 Å². The minimum atomic E-state index is -0.751. The highest BCUT2D eigenvalue weighted by atomic mass is 35.5. The molecule has 1 aliphatic carbocycles. The van der Waals surface area contributed by atoms with Gasteiger partial charge in [0.1, 0.15) is 5.82 Å². The average molecular weight is 653 g/mol. The maximum absolute atomic E-state index is 15.5. The Labute approximate surface area is 273 Å². The van der Waals surface area contributed by atoms with Crippen LogP contribution in [0.3, 0.4) is 0 Å². The topological polar surface area (TPSA) is 104 Å². The molecule has 2 saturated heterocycles. The molecule has 0 bridgehead atoms. The molecular formula is C35H42ClFN4O5. The fourth-order valence-corrected chi connectivity index (χ4v) is 7.68. The number of fused-ring (bicyclic) bond motifs is 1. The predicted molar refractivity (Wildman–Crippen MR) is 175 cm³/mol. The first-order valence-corrected chi connectivity index (χ1v) is 16.5. The molecule has 2 amide bonds. The molecule has 11 heteroatoms. The van der Waals surface area contributed by atoms with E-state index in [0.717, 1.165) is 30.4 Å². The van der Waals surface area contributed by atoms with Crippen molar-refractivity contribution >= 4 is 46.0 Å². The van der Waals surface area contributed by atoms with Gasteiger partial charge in [0.05, 0.1) is 47.4 Å². The number of aliphatic carboxylic acids is 1. The first kappa shape index (κ1) is 32.5. The molecule has 6 rings (SSSR count). The Morgan fingerprint density at radius 2 is 1.83 bits per heavy atom. The van der Waals surface area contributed by atoms with Gasteiger partial charge in [-0.05, 0) is 61.3 Å². The molecule has 1 aromatic heterocycles. The van der Waals surface area contributed by atoms with Gasteiger partial charge in [-0.25, -0.2) is 4.39 Å². The van der Waals surface area contributed by atoms with E-state index >= 15 is 4.39 Å². The lowest BCUT2D eigenvalue weighted by Gasteiger charge is -2.49. The van der Waals surface area contributed by atoms with Crippen LogP contribution < -0.4 is 5.32 Å². The summed E-state index contributed by atoms with van der Waals surface area (Å²) in [6.07, 6.45) is 4.87. The Balaban J connectivity index is 1.12. The zero-order valence-corrected chi connectivity index (χ0v) is 27.4. The van der Waals surface area contributed by atoms with E-state index in [2.05, 4.69) is 24.1 Å². The molecule has 2 atom stereocenters. The van der Waals surface area contributed by atoms with E-state index < -0.39 is 17.7 Å². The quantitative estimate of drug-likeness (QED) is 0.306. The van der Waals surface area contributed by atoms with Crippen LogP contribution in [0.25, 0.3) is 10.9 Å². The van der Waals surface area contributed by atoms with Crippen molar-refractivity contribution in [1.29, 1.82) is 0 Å². The van der Waals surface area contributed by atoms with Crippen LogP contribution in [-0.2, 0) is 27.8 Å². The number of hydrogen-bond donors (Lipinski definition) is 2. The zero-order chi connectivity index (χ0) is 32.7. The fourth-order valence-electron chi connectivity index (χ4n) is 7.45. The number of likely N-dealkylation sites (tertiary alicyclic amines) is 2. The SMILES string of the molecule is Cn1cc(C(=O)Nc2cc(F)c(CC(=O)N3C[C@@H](N4CC(C)(C)C4)C[C@H]3CO[C@H]3CC[C@H](C(=O)O)CC3)cc2Cl)c2ccccc21. The monoisotopic (exact) mass is 652 g/mol. The second-order valence-electron chi connectivity index (χ2n) is 14.0. The van der Waals surface area contributed by atoms with E-state index in [1.54, 1.807) is 6.20 Å². The molecule has 2 N–H and O–H groups in total. The Hall–Kier alpha value is -3.47. The highest BCUT2D eigenvalue weighted by Gasteiger charge is 2.45. The number of aryl methyl sites for hydroxylation is 1. The smallest absolute Gasteiger partial charge is 0.306 e. The summed E-state index contributed by atoms with van der Waals surface area (Å²) in [5.74, 6) is -2.29. The minimum absolute atomic E-state index is 0.0255. The number of carbonyl (C=O) groups excluding carboxylic acids is 2. The van der Waals surface area contributed by atoms with Crippen molar-refractivity contribution in [3.63, 3.8) is 0 Å². The van der Waals surface area contributed by atoms with E-state index in [1.807, 2.05) is 40.8 Å². The second kappa shape index (κ2) is 13.0. The molecule has 3 aliphatic rings. The van der Waals surface area contributed by atoms with Crippen LogP contribution in [-0.4, -0.2) is 81.7 Å². The third-order valence-corrected chi connectivity index (χ3v) is 10.2. The summed E-state index contributed by atoms with van der Waals surface area (Å²) < 4.78 is 23.6. The van der Waals surface area contributed by atoms with Gasteiger partial charge in [-0.15, -0.1) is 0 Å². The zero-order valence-electron chi connectivity index (χ0n) is 26.6. The molecule has 0 spiro atoms. The van der Waals surface area contributed by atoms with Crippen molar-refractivity contribution in [2.75, 3.05) is 31.6 Å². The Bertz CT molecular complexity index is 1640. The van der Waals surface area contributed by atoms with Crippen LogP contribution in [0, 0.1) is 17.2 Å². The van der Waals surface area contributed by atoms with Crippen LogP contribution in [0.1, 0.15) is 61.9 Å². The maximum atomic E-state index is 15.5. The number of amides is 2. The molecule has 46 heavy (non-hydrogen) atoms. The van der Waals surface area contributed by atoms with Crippen LogP contribution in [0.2, 0.25) is 5.02 Å². The first-order chi connectivity index (χ1) is 21.9. The summed E-state index contributed by atoms with van der Waals surface area (Å²) in [7, 11) is 1.85. The van der Waals surface area contributed by atoms with Crippen LogP contribution in [0.5, 0.6) is 0 Å². The average Bonchev–Trinajstić information content (AvgIpc) is 3.59. The van der Waals surface area contributed by atoms with E-state index in [4.69, 9.17) is 16.3 Å². The molecule has 246 valence electrons. The summed E-state index contributed by atoms with van der Waals surface area (Å²) in [6.45, 7) is 7.30. The first-order valence-electron chi connectivity index (χ1n) is 16.1. The number of carboxylic acid groups (broad SMARTS) is 1. The number of ether oxygens (including phenoxy) is 1. The maximum Gasteiger partial charge on any atom is 0.306 e. The third kappa shape index (κ3) is 6.80. The Kier molecular flexibility index (Phi) is 9.15. The second-order valence-corrected chi connectivity index (χ2v) is 14.4. The van der Waals surface area contributed by atoms with Gasteiger partial charge >= 0.3 is 5.97 Å². The Morgan fingerprint density at radius 1 is 1.11 bits per heavy atom. The van der Waals surface area contributed by atoms with Crippen molar-refractivity contribution in [3.05, 3.63) is 64.6 Å². The molecule has 3 heterocycles.